The van der Waals surface area contributed by atoms with Crippen LogP contribution in [0.1, 0.15) is 23.4 Å². The molecule has 0 radical (unpaired) electrons. The predicted octanol–water partition coefficient (Wildman–Crippen LogP) is 5.69. The van der Waals surface area contributed by atoms with Crippen LogP contribution in [-0.4, -0.2) is 20.4 Å². The Bertz CT molecular complexity index is 1220. The van der Waals surface area contributed by atoms with Crippen LogP contribution in [0.15, 0.2) is 60.9 Å². The summed E-state index contributed by atoms with van der Waals surface area (Å²) in [5.74, 6) is 0.741. The van der Waals surface area contributed by atoms with Crippen LogP contribution in [0.4, 0.5) is 0 Å². The van der Waals surface area contributed by atoms with Crippen LogP contribution in [0, 0.1) is 0 Å². The van der Waals surface area contributed by atoms with Crippen molar-refractivity contribution in [2.45, 2.75) is 25.9 Å². The Labute approximate surface area is 195 Å². The van der Waals surface area contributed by atoms with Crippen molar-refractivity contribution in [1.82, 2.24) is 19.9 Å². The third kappa shape index (κ3) is 5.18. The minimum Gasteiger partial charge on any atom is -0.352 e. The van der Waals surface area contributed by atoms with Crippen LogP contribution in [0.5, 0.6) is 0 Å². The van der Waals surface area contributed by atoms with Gasteiger partial charge in [0.15, 0.2) is 0 Å². The van der Waals surface area contributed by atoms with Gasteiger partial charge in [-0.25, -0.2) is 4.98 Å². The number of fused-ring (bicyclic) bond motifs is 1. The third-order valence-corrected chi connectivity index (χ3v) is 6.07. The van der Waals surface area contributed by atoms with Gasteiger partial charge in [-0.2, -0.15) is 0 Å². The van der Waals surface area contributed by atoms with E-state index in [2.05, 4.69) is 10.3 Å². The molecule has 2 aromatic heterocycles. The second-order valence-electron chi connectivity index (χ2n) is 7.09. The lowest BCUT2D eigenvalue weighted by molar-refractivity contribution is -0.121. The van der Waals surface area contributed by atoms with Gasteiger partial charge in [-0.3, -0.25) is 9.78 Å². The number of hydrogen-bond acceptors (Lipinski definition) is 3. The number of pyridine rings is 1. The SMILES string of the molecule is O=C(CCn1c(Cc2ccccc2Cl)nc2cc(Cl)c(Cl)cc21)NCc1ccncc1. The Hall–Kier alpha value is -2.60. The molecular formula is C23H19Cl3N4O. The van der Waals surface area contributed by atoms with E-state index in [4.69, 9.17) is 39.8 Å². The molecule has 4 rings (SSSR count). The highest BCUT2D eigenvalue weighted by molar-refractivity contribution is 6.42. The van der Waals surface area contributed by atoms with E-state index in [1.54, 1.807) is 24.5 Å². The standard InChI is InChI=1S/C23H19Cl3N4O/c24-17-4-2-1-3-16(17)11-22-29-20-12-18(25)19(26)13-21(20)30(22)10-7-23(31)28-14-15-5-8-27-9-6-15/h1-6,8-9,12-13H,7,10-11,14H2,(H,28,31). The number of nitrogens with zero attached hydrogens (tertiary/aromatic N) is 3. The molecule has 2 heterocycles. The summed E-state index contributed by atoms with van der Waals surface area (Å²) < 4.78 is 2.01. The Balaban J connectivity index is 1.56. The third-order valence-electron chi connectivity index (χ3n) is 4.98. The topological polar surface area (TPSA) is 59.8 Å². The summed E-state index contributed by atoms with van der Waals surface area (Å²) in [6.45, 7) is 0.913. The molecule has 31 heavy (non-hydrogen) atoms. The van der Waals surface area contributed by atoms with Crippen molar-refractivity contribution in [2.75, 3.05) is 0 Å². The average Bonchev–Trinajstić information content (AvgIpc) is 3.09. The monoisotopic (exact) mass is 472 g/mol. The molecule has 8 heteroatoms. The number of carbonyl (C=O) groups excluding carboxylic acids is 1. The summed E-state index contributed by atoms with van der Waals surface area (Å²) in [5, 5.41) is 4.50. The highest BCUT2D eigenvalue weighted by Crippen LogP contribution is 2.30. The van der Waals surface area contributed by atoms with Crippen molar-refractivity contribution < 1.29 is 4.79 Å². The molecule has 1 amide bonds. The maximum Gasteiger partial charge on any atom is 0.222 e. The zero-order chi connectivity index (χ0) is 21.8. The first kappa shape index (κ1) is 21.6. The van der Waals surface area contributed by atoms with Gasteiger partial charge >= 0.3 is 0 Å². The second-order valence-corrected chi connectivity index (χ2v) is 8.31. The molecule has 158 valence electrons. The minimum absolute atomic E-state index is 0.0533. The highest BCUT2D eigenvalue weighted by Gasteiger charge is 2.16. The Morgan fingerprint density at radius 3 is 2.48 bits per heavy atom. The van der Waals surface area contributed by atoms with E-state index < -0.39 is 0 Å². The summed E-state index contributed by atoms with van der Waals surface area (Å²) in [7, 11) is 0. The molecule has 0 aliphatic rings. The van der Waals surface area contributed by atoms with Gasteiger partial charge in [0.2, 0.25) is 5.91 Å². The number of halogens is 3. The van der Waals surface area contributed by atoms with Gasteiger partial charge in [-0.1, -0.05) is 53.0 Å². The normalized spacial score (nSPS) is 11.1. The summed E-state index contributed by atoms with van der Waals surface area (Å²) in [5.41, 5.74) is 3.52. The number of benzene rings is 2. The van der Waals surface area contributed by atoms with Gasteiger partial charge in [0.05, 0.1) is 21.1 Å². The van der Waals surface area contributed by atoms with Gasteiger partial charge in [0, 0.05) is 43.3 Å². The molecule has 0 aliphatic heterocycles. The first-order valence-corrected chi connectivity index (χ1v) is 10.9. The van der Waals surface area contributed by atoms with Crippen LogP contribution in [-0.2, 0) is 24.3 Å². The summed E-state index contributed by atoms with van der Waals surface area (Å²) in [6, 6.07) is 14.9. The van der Waals surface area contributed by atoms with Gasteiger partial charge in [-0.15, -0.1) is 0 Å². The molecule has 0 unspecified atom stereocenters. The first-order valence-electron chi connectivity index (χ1n) is 9.74. The van der Waals surface area contributed by atoms with Crippen LogP contribution in [0.3, 0.4) is 0 Å². The second kappa shape index (κ2) is 9.69. The van der Waals surface area contributed by atoms with Gasteiger partial charge < -0.3 is 9.88 Å². The van der Waals surface area contributed by atoms with E-state index in [0.29, 0.717) is 41.0 Å². The van der Waals surface area contributed by atoms with Crippen molar-refractivity contribution in [1.29, 1.82) is 0 Å². The number of carbonyl (C=O) groups is 1. The summed E-state index contributed by atoms with van der Waals surface area (Å²) in [6.07, 6.45) is 4.23. The summed E-state index contributed by atoms with van der Waals surface area (Å²) in [4.78, 5) is 21.2. The van der Waals surface area contributed by atoms with Gasteiger partial charge in [-0.05, 0) is 41.5 Å². The smallest absolute Gasteiger partial charge is 0.222 e. The number of nitrogens with one attached hydrogen (secondary N) is 1. The van der Waals surface area contributed by atoms with Crippen molar-refractivity contribution in [3.05, 3.63) is 92.9 Å². The van der Waals surface area contributed by atoms with E-state index in [1.807, 2.05) is 41.0 Å². The van der Waals surface area contributed by atoms with Crippen LogP contribution < -0.4 is 5.32 Å². The molecule has 0 spiro atoms. The fourth-order valence-corrected chi connectivity index (χ4v) is 3.89. The highest BCUT2D eigenvalue weighted by atomic mass is 35.5. The molecule has 0 atom stereocenters. The average molecular weight is 474 g/mol. The molecule has 4 aromatic rings. The van der Waals surface area contributed by atoms with Crippen LogP contribution in [0.25, 0.3) is 11.0 Å². The number of aromatic nitrogens is 3. The number of hydrogen-bond donors (Lipinski definition) is 1. The maximum atomic E-state index is 12.5. The van der Waals surface area contributed by atoms with Crippen LogP contribution >= 0.6 is 34.8 Å². The molecule has 1 N–H and O–H groups in total. The lowest BCUT2D eigenvalue weighted by Gasteiger charge is -2.11. The van der Waals surface area contributed by atoms with Crippen molar-refractivity contribution in [3.63, 3.8) is 0 Å². The van der Waals surface area contributed by atoms with E-state index in [9.17, 15) is 4.79 Å². The molecule has 0 saturated heterocycles. The molecule has 0 saturated carbocycles. The first-order chi connectivity index (χ1) is 15.0. The van der Waals surface area contributed by atoms with Crippen LogP contribution in [0.2, 0.25) is 15.1 Å². The van der Waals surface area contributed by atoms with Crippen molar-refractivity contribution in [2.24, 2.45) is 0 Å². The summed E-state index contributed by atoms with van der Waals surface area (Å²) >= 11 is 18.8. The van der Waals surface area contributed by atoms with E-state index >= 15 is 0 Å². The van der Waals surface area contributed by atoms with Crippen molar-refractivity contribution in [3.8, 4) is 0 Å². The number of rotatable bonds is 7. The van der Waals surface area contributed by atoms with Gasteiger partial charge in [0.25, 0.3) is 0 Å². The Morgan fingerprint density at radius 2 is 1.71 bits per heavy atom. The zero-order valence-electron chi connectivity index (χ0n) is 16.5. The van der Waals surface area contributed by atoms with E-state index in [0.717, 1.165) is 28.0 Å². The molecule has 5 nitrogen and oxygen atoms in total. The van der Waals surface area contributed by atoms with E-state index in [1.165, 1.54) is 0 Å². The molecule has 0 bridgehead atoms. The molecule has 2 aromatic carbocycles. The minimum atomic E-state index is -0.0533. The lowest BCUT2D eigenvalue weighted by Crippen LogP contribution is -2.24. The predicted molar refractivity (Wildman–Crippen MR) is 125 cm³/mol. The number of aryl methyl sites for hydroxylation is 1. The molecule has 0 fully saturated rings. The quantitative estimate of drug-likeness (QED) is 0.375. The molecular weight excluding hydrogens is 455 g/mol. The maximum absolute atomic E-state index is 12.5. The number of imidazole rings is 1. The Kier molecular flexibility index (Phi) is 6.76. The fraction of sp³-hybridized carbons (Fsp3) is 0.174. The van der Waals surface area contributed by atoms with Crippen molar-refractivity contribution >= 4 is 51.7 Å². The largest absolute Gasteiger partial charge is 0.352 e. The van der Waals surface area contributed by atoms with E-state index in [-0.39, 0.29) is 5.91 Å². The lowest BCUT2D eigenvalue weighted by atomic mass is 10.1. The van der Waals surface area contributed by atoms with Gasteiger partial charge in [0.1, 0.15) is 5.82 Å². The Morgan fingerprint density at radius 1 is 0.968 bits per heavy atom. The zero-order valence-corrected chi connectivity index (χ0v) is 18.8. The fourth-order valence-electron chi connectivity index (χ4n) is 3.37. The molecule has 0 aliphatic carbocycles. The number of amides is 1.